The molecule has 1 aromatic rings. The average molecular weight is 294 g/mol. The van der Waals surface area contributed by atoms with E-state index in [1.807, 2.05) is 0 Å². The van der Waals surface area contributed by atoms with Crippen LogP contribution in [0, 0.1) is 5.82 Å². The van der Waals surface area contributed by atoms with Gasteiger partial charge < -0.3 is 14.7 Å². The lowest BCUT2D eigenvalue weighted by molar-refractivity contribution is 0.0682. The van der Waals surface area contributed by atoms with Crippen molar-refractivity contribution in [1.29, 1.82) is 0 Å². The first-order valence-corrected chi connectivity index (χ1v) is 6.20. The number of fused-ring (bicyclic) bond motifs is 2. The predicted molar refractivity (Wildman–Crippen MR) is 63.5 cm³/mol. The highest BCUT2D eigenvalue weighted by Gasteiger charge is 2.53. The Kier molecular flexibility index (Phi) is 2.85. The maximum absolute atomic E-state index is 14.0. The highest BCUT2D eigenvalue weighted by Crippen LogP contribution is 2.41. The first-order valence-electron chi connectivity index (χ1n) is 5.44. The third-order valence-corrected chi connectivity index (χ3v) is 3.89. The van der Waals surface area contributed by atoms with Crippen molar-refractivity contribution in [3.05, 3.63) is 16.3 Å². The number of halogens is 3. The van der Waals surface area contributed by atoms with Crippen molar-refractivity contribution in [3.63, 3.8) is 0 Å². The van der Waals surface area contributed by atoms with Crippen molar-refractivity contribution in [1.82, 2.24) is 9.97 Å². The lowest BCUT2D eigenvalue weighted by atomic mass is 10.0. The van der Waals surface area contributed by atoms with Crippen LogP contribution in [0.25, 0.3) is 0 Å². The van der Waals surface area contributed by atoms with E-state index in [4.69, 9.17) is 27.9 Å². The van der Waals surface area contributed by atoms with Crippen LogP contribution in [0.1, 0.15) is 6.42 Å². The Balaban J connectivity index is 2.06. The fraction of sp³-hybridized carbons (Fsp3) is 0.600. The molecule has 1 aromatic heterocycles. The lowest BCUT2D eigenvalue weighted by Gasteiger charge is -2.37. The van der Waals surface area contributed by atoms with Crippen molar-refractivity contribution in [3.8, 4) is 0 Å². The molecule has 98 valence electrons. The number of hydrogen-bond donors (Lipinski definition) is 1. The highest BCUT2D eigenvalue weighted by molar-refractivity contribution is 6.32. The first-order chi connectivity index (χ1) is 8.55. The molecule has 0 radical (unpaired) electrons. The molecule has 3 heterocycles. The summed E-state index contributed by atoms with van der Waals surface area (Å²) in [5, 5.41) is 9.12. The number of hydrogen-bond acceptors (Lipinski definition) is 5. The maximum Gasteiger partial charge on any atom is 0.225 e. The summed E-state index contributed by atoms with van der Waals surface area (Å²) in [6, 6.07) is 0. The van der Waals surface area contributed by atoms with Crippen LogP contribution in [0.5, 0.6) is 0 Å². The van der Waals surface area contributed by atoms with Gasteiger partial charge in [0, 0.05) is 13.0 Å². The van der Waals surface area contributed by atoms with Crippen molar-refractivity contribution in [2.24, 2.45) is 0 Å². The second-order valence-corrected chi connectivity index (χ2v) is 5.25. The molecule has 2 atom stereocenters. The van der Waals surface area contributed by atoms with Crippen LogP contribution in [0.3, 0.4) is 0 Å². The van der Waals surface area contributed by atoms with E-state index in [0.29, 0.717) is 19.6 Å². The van der Waals surface area contributed by atoms with E-state index in [1.54, 1.807) is 4.90 Å². The molecule has 0 spiro atoms. The Morgan fingerprint density at radius 3 is 2.94 bits per heavy atom. The van der Waals surface area contributed by atoms with E-state index in [9.17, 15) is 9.50 Å². The van der Waals surface area contributed by atoms with E-state index < -0.39 is 11.4 Å². The van der Waals surface area contributed by atoms with Gasteiger partial charge in [-0.2, -0.15) is 9.37 Å². The number of aromatic nitrogens is 2. The Morgan fingerprint density at radius 2 is 2.28 bits per heavy atom. The summed E-state index contributed by atoms with van der Waals surface area (Å²) in [7, 11) is 0. The second-order valence-electron chi connectivity index (χ2n) is 4.55. The zero-order valence-electron chi connectivity index (χ0n) is 9.24. The lowest BCUT2D eigenvalue weighted by Crippen LogP contribution is -2.52. The molecule has 0 saturated carbocycles. The molecular formula is C10H10Cl2FN3O2. The van der Waals surface area contributed by atoms with Gasteiger partial charge in [0.25, 0.3) is 0 Å². The summed E-state index contributed by atoms with van der Waals surface area (Å²) < 4.78 is 19.4. The molecule has 2 bridgehead atoms. The minimum Gasteiger partial charge on any atom is -0.394 e. The van der Waals surface area contributed by atoms with Crippen LogP contribution < -0.4 is 4.90 Å². The van der Waals surface area contributed by atoms with E-state index in [1.165, 1.54) is 0 Å². The van der Waals surface area contributed by atoms with Crippen molar-refractivity contribution in [2.75, 3.05) is 24.7 Å². The van der Waals surface area contributed by atoms with E-state index in [-0.39, 0.29) is 29.0 Å². The number of aliphatic hydroxyl groups is 1. The predicted octanol–water partition coefficient (Wildman–Crippen LogP) is 1.26. The van der Waals surface area contributed by atoms with Gasteiger partial charge in [0.2, 0.25) is 11.1 Å². The number of anilines is 1. The van der Waals surface area contributed by atoms with Gasteiger partial charge in [0.05, 0.1) is 24.9 Å². The molecule has 2 aliphatic heterocycles. The summed E-state index contributed by atoms with van der Waals surface area (Å²) in [6.45, 7) is 0.663. The molecule has 3 rings (SSSR count). The Bertz CT molecular complexity index is 504. The number of nitrogens with zero attached hydrogens (tertiary/aromatic N) is 3. The molecule has 0 unspecified atom stereocenters. The Hall–Kier alpha value is -0.690. The van der Waals surface area contributed by atoms with Crippen molar-refractivity contribution >= 4 is 29.0 Å². The molecule has 1 N–H and O–H groups in total. The van der Waals surface area contributed by atoms with Gasteiger partial charge in [-0.25, -0.2) is 4.98 Å². The van der Waals surface area contributed by atoms with Crippen LogP contribution in [0.4, 0.5) is 10.2 Å². The van der Waals surface area contributed by atoms with Crippen molar-refractivity contribution in [2.45, 2.75) is 18.1 Å². The summed E-state index contributed by atoms with van der Waals surface area (Å²) in [5.74, 6) is -0.693. The zero-order chi connectivity index (χ0) is 12.9. The molecule has 0 aliphatic carbocycles. The van der Waals surface area contributed by atoms with Gasteiger partial charge in [0.15, 0.2) is 11.0 Å². The monoisotopic (exact) mass is 293 g/mol. The summed E-state index contributed by atoms with van der Waals surface area (Å²) in [6.07, 6.45) is 0.617. The van der Waals surface area contributed by atoms with Crippen LogP contribution in [0.2, 0.25) is 10.4 Å². The summed E-state index contributed by atoms with van der Waals surface area (Å²) in [5.41, 5.74) is -0.632. The fourth-order valence-corrected chi connectivity index (χ4v) is 2.96. The largest absolute Gasteiger partial charge is 0.394 e. The number of rotatable bonds is 2. The molecule has 8 heteroatoms. The van der Waals surface area contributed by atoms with Gasteiger partial charge in [-0.15, -0.1) is 0 Å². The highest BCUT2D eigenvalue weighted by atomic mass is 35.5. The molecule has 0 amide bonds. The smallest absolute Gasteiger partial charge is 0.225 e. The quantitative estimate of drug-likeness (QED) is 0.657. The molecule has 2 saturated heterocycles. The molecule has 0 aromatic carbocycles. The van der Waals surface area contributed by atoms with E-state index in [0.717, 1.165) is 0 Å². The van der Waals surface area contributed by atoms with E-state index >= 15 is 0 Å². The average Bonchev–Trinajstić information content (AvgIpc) is 2.92. The molecule has 2 aliphatic rings. The second kappa shape index (κ2) is 4.16. The third-order valence-electron chi connectivity index (χ3n) is 3.47. The molecular weight excluding hydrogens is 284 g/mol. The number of morpholine rings is 1. The number of aliphatic hydroxyl groups excluding tert-OH is 1. The molecule has 2 fully saturated rings. The minimum absolute atomic E-state index is 0.0240. The normalized spacial score (nSPS) is 30.2. The number of ether oxygens (including phenoxy) is 1. The molecule has 18 heavy (non-hydrogen) atoms. The summed E-state index contributed by atoms with van der Waals surface area (Å²) in [4.78, 5) is 9.10. The zero-order valence-corrected chi connectivity index (χ0v) is 10.7. The minimum atomic E-state index is -0.721. The van der Waals surface area contributed by atoms with Gasteiger partial charge in [0.1, 0.15) is 0 Å². The maximum atomic E-state index is 14.0. The van der Waals surface area contributed by atoms with Gasteiger partial charge >= 0.3 is 0 Å². The Morgan fingerprint density at radius 1 is 1.50 bits per heavy atom. The van der Waals surface area contributed by atoms with Gasteiger partial charge in [-0.05, 0) is 11.6 Å². The van der Waals surface area contributed by atoms with Crippen molar-refractivity contribution < 1.29 is 14.2 Å². The van der Waals surface area contributed by atoms with Crippen LogP contribution in [0.15, 0.2) is 0 Å². The molecule has 5 nitrogen and oxygen atoms in total. The SMILES string of the molecule is OC[C@]12CO[C@H](CN1c1nc(Cl)nc(Cl)c1F)C2. The third kappa shape index (κ3) is 1.67. The fourth-order valence-electron chi connectivity index (χ4n) is 2.59. The van der Waals surface area contributed by atoms with Gasteiger partial charge in [-0.1, -0.05) is 11.6 Å². The van der Waals surface area contributed by atoms with Crippen LogP contribution in [-0.2, 0) is 4.74 Å². The topological polar surface area (TPSA) is 58.5 Å². The van der Waals surface area contributed by atoms with E-state index in [2.05, 4.69) is 9.97 Å². The first kappa shape index (κ1) is 12.3. The Labute approximate surface area is 112 Å². The summed E-state index contributed by atoms with van der Waals surface area (Å²) >= 11 is 11.4. The van der Waals surface area contributed by atoms with Gasteiger partial charge in [-0.3, -0.25) is 0 Å². The standard InChI is InChI=1S/C10H10Cl2FN3O2/c11-7-6(13)8(15-9(12)14-7)16-2-5-1-10(16,3-17)4-18-5/h5,17H,1-4H2/t5-,10+/m0/s1. The van der Waals surface area contributed by atoms with Crippen LogP contribution in [-0.4, -0.2) is 46.5 Å². The van der Waals surface area contributed by atoms with Crippen LogP contribution >= 0.6 is 23.2 Å².